The molecule has 4 aromatic rings. The van der Waals surface area contributed by atoms with Gasteiger partial charge < -0.3 is 14.8 Å². The second-order valence-corrected chi connectivity index (χ2v) is 10.8. The monoisotopic (exact) mass is 636 g/mol. The van der Waals surface area contributed by atoms with Crippen molar-refractivity contribution >= 4 is 22.6 Å². The maximum atomic E-state index is 15.0. The Kier molecular flexibility index (Phi) is 10.4. The molecule has 1 amide bonds. The number of nitrogens with zero attached hydrogens (tertiary/aromatic N) is 9. The molecule has 5 rings (SSSR count). The van der Waals surface area contributed by atoms with Gasteiger partial charge in [-0.25, -0.2) is 23.2 Å². The minimum atomic E-state index is -0.663. The van der Waals surface area contributed by atoms with Crippen LogP contribution in [0, 0.1) is 11.6 Å². The Morgan fingerprint density at radius 2 is 1.91 bits per heavy atom. The lowest BCUT2D eigenvalue weighted by molar-refractivity contribution is 0.0714. The fourth-order valence-electron chi connectivity index (χ4n) is 5.57. The molecule has 0 fully saturated rings. The van der Waals surface area contributed by atoms with Crippen LogP contribution in [0.15, 0.2) is 52.6 Å². The Labute approximate surface area is 262 Å². The van der Waals surface area contributed by atoms with Gasteiger partial charge in [-0.3, -0.25) is 14.4 Å². The van der Waals surface area contributed by atoms with Crippen molar-refractivity contribution in [2.75, 3.05) is 38.7 Å². The van der Waals surface area contributed by atoms with E-state index in [1.165, 1.54) is 36.5 Å². The van der Waals surface area contributed by atoms with Gasteiger partial charge in [0.25, 0.3) is 5.56 Å². The van der Waals surface area contributed by atoms with Crippen LogP contribution in [0.4, 0.5) is 19.3 Å². The second kappa shape index (κ2) is 14.8. The summed E-state index contributed by atoms with van der Waals surface area (Å²) in [6, 6.07) is 7.76. The third kappa shape index (κ3) is 7.08. The topological polar surface area (TPSA) is 165 Å². The molecule has 0 aliphatic carbocycles. The second-order valence-electron chi connectivity index (χ2n) is 10.8. The number of rotatable bonds is 14. The molecule has 16 heteroatoms. The van der Waals surface area contributed by atoms with E-state index in [0.29, 0.717) is 41.1 Å². The van der Waals surface area contributed by atoms with Crippen molar-refractivity contribution in [3.8, 4) is 0 Å². The summed E-state index contributed by atoms with van der Waals surface area (Å²) in [7, 11) is 3.21. The Hall–Kier alpha value is -5.08. The zero-order chi connectivity index (χ0) is 32.6. The number of hydrogen-bond acceptors (Lipinski definition) is 9. The fraction of sp³-hybridized carbons (Fsp3) is 0.433. The number of aryl methyl sites for hydroxylation is 1. The molecule has 2 atom stereocenters. The summed E-state index contributed by atoms with van der Waals surface area (Å²) in [6.45, 7) is 0.551. The maximum absolute atomic E-state index is 15.0. The summed E-state index contributed by atoms with van der Waals surface area (Å²) in [5.74, 6) is -1.18. The van der Waals surface area contributed by atoms with Gasteiger partial charge in [-0.05, 0) is 48.2 Å². The highest BCUT2D eigenvalue weighted by Crippen LogP contribution is 2.46. The molecule has 14 nitrogen and oxygen atoms in total. The lowest BCUT2D eigenvalue weighted by Gasteiger charge is -2.34. The van der Waals surface area contributed by atoms with Crippen molar-refractivity contribution in [2.45, 2.75) is 44.3 Å². The van der Waals surface area contributed by atoms with Crippen molar-refractivity contribution in [1.29, 1.82) is 0 Å². The molecule has 2 aromatic heterocycles. The van der Waals surface area contributed by atoms with Crippen LogP contribution >= 0.6 is 0 Å². The van der Waals surface area contributed by atoms with Crippen molar-refractivity contribution in [3.05, 3.63) is 92.2 Å². The number of nitrogens with one attached hydrogen (secondary N) is 1. The predicted octanol–water partition coefficient (Wildman–Crippen LogP) is 5.02. The van der Waals surface area contributed by atoms with Crippen LogP contribution < -0.4 is 10.9 Å². The van der Waals surface area contributed by atoms with E-state index < -0.39 is 35.2 Å². The van der Waals surface area contributed by atoms with E-state index in [0.717, 1.165) is 30.0 Å². The van der Waals surface area contributed by atoms with Crippen LogP contribution in [-0.2, 0) is 23.2 Å². The van der Waals surface area contributed by atoms with E-state index in [1.54, 1.807) is 23.9 Å². The van der Waals surface area contributed by atoms with Gasteiger partial charge in [0.2, 0.25) is 0 Å². The van der Waals surface area contributed by atoms with Gasteiger partial charge in [0.1, 0.15) is 30.5 Å². The molecule has 1 aliphatic heterocycles. The normalized spacial score (nSPS) is 15.3. The number of azide groups is 1. The van der Waals surface area contributed by atoms with Gasteiger partial charge in [-0.2, -0.15) is 10.2 Å². The molecule has 46 heavy (non-hydrogen) atoms. The zero-order valence-corrected chi connectivity index (χ0v) is 25.5. The Bertz CT molecular complexity index is 1790. The van der Waals surface area contributed by atoms with E-state index in [2.05, 4.69) is 25.4 Å². The summed E-state index contributed by atoms with van der Waals surface area (Å²) in [5.41, 5.74) is 9.21. The molecule has 0 bridgehead atoms. The number of hydrogen-bond donors (Lipinski definition) is 1. The summed E-state index contributed by atoms with van der Waals surface area (Å²) in [5, 5.41) is 16.3. The van der Waals surface area contributed by atoms with E-state index in [1.807, 2.05) is 0 Å². The summed E-state index contributed by atoms with van der Waals surface area (Å²) in [6.07, 6.45) is 3.69. The number of benzene rings is 2. The Balaban J connectivity index is 1.50. The average molecular weight is 637 g/mol. The molecule has 3 heterocycles. The fourth-order valence-corrected chi connectivity index (χ4v) is 5.57. The number of aromatic nitrogens is 5. The van der Waals surface area contributed by atoms with Gasteiger partial charge in [0.05, 0.1) is 36.3 Å². The van der Waals surface area contributed by atoms with Crippen LogP contribution in [0.2, 0.25) is 0 Å². The minimum Gasteiger partial charge on any atom is -0.449 e. The highest BCUT2D eigenvalue weighted by Gasteiger charge is 2.38. The molecule has 1 N–H and O–H groups in total. The molecule has 242 valence electrons. The van der Waals surface area contributed by atoms with Crippen molar-refractivity contribution in [1.82, 2.24) is 29.4 Å². The molecule has 0 spiro atoms. The molecule has 0 saturated carbocycles. The number of unbranched alkanes of at least 4 members (excludes halogenated alkanes) is 3. The predicted molar refractivity (Wildman–Crippen MR) is 164 cm³/mol. The smallest absolute Gasteiger partial charge is 0.411 e. The standard InChI is InChI=1S/C30H34F2N10O4/c1-40-28(34-17-36-40)25-26(19-7-9-20(31)10-8-19)37-23-16-21(32)15-22-24(23)27(25)38-42(29(22)43)18-41(12-14-45-2)30(44)46-13-6-4-3-5-11-35-39-33/h7-10,15-17,25-26,37H,3-6,11-14,18H2,1-2H3/t25-,26-/m1/s1. The number of methoxy groups -OCH3 is 1. The number of ether oxygens (including phenoxy) is 2. The number of anilines is 1. The lowest BCUT2D eigenvalue weighted by atomic mass is 9.83. The SMILES string of the molecule is COCCN(Cn1nc2c3c(cc(F)cc3c1=O)N[C@H](c1ccc(F)cc1)[C@H]2c1ncnn1C)C(=O)OCCCCCCN=[N+]=[N-]. The van der Waals surface area contributed by atoms with Gasteiger partial charge in [-0.15, -0.1) is 0 Å². The van der Waals surface area contributed by atoms with Gasteiger partial charge in [0.15, 0.2) is 0 Å². The first-order chi connectivity index (χ1) is 22.3. The van der Waals surface area contributed by atoms with E-state index in [9.17, 15) is 14.0 Å². The first kappa shape index (κ1) is 32.3. The number of halogens is 2. The highest BCUT2D eigenvalue weighted by molar-refractivity contribution is 5.97. The summed E-state index contributed by atoms with van der Waals surface area (Å²) >= 11 is 0. The molecular formula is C30H34F2N10O4. The number of amides is 1. The van der Waals surface area contributed by atoms with Crippen LogP contribution in [-0.4, -0.2) is 69.0 Å². The molecule has 0 radical (unpaired) electrons. The van der Waals surface area contributed by atoms with E-state index in [4.69, 9.17) is 20.1 Å². The third-order valence-corrected chi connectivity index (χ3v) is 7.81. The van der Waals surface area contributed by atoms with Gasteiger partial charge >= 0.3 is 6.09 Å². The zero-order valence-electron chi connectivity index (χ0n) is 25.5. The first-order valence-electron chi connectivity index (χ1n) is 14.8. The summed E-state index contributed by atoms with van der Waals surface area (Å²) < 4.78 is 42.3. The van der Waals surface area contributed by atoms with E-state index in [-0.39, 0.29) is 31.8 Å². The molecule has 0 unspecified atom stereocenters. The van der Waals surface area contributed by atoms with Crippen LogP contribution in [0.3, 0.4) is 0 Å². The van der Waals surface area contributed by atoms with Crippen molar-refractivity contribution in [3.63, 3.8) is 0 Å². The number of carbonyl (C=O) groups excluding carboxylic acids is 1. The lowest BCUT2D eigenvalue weighted by Crippen LogP contribution is -2.41. The molecule has 1 aliphatic rings. The van der Waals surface area contributed by atoms with Crippen LogP contribution in [0.5, 0.6) is 0 Å². The van der Waals surface area contributed by atoms with Gasteiger partial charge in [0, 0.05) is 43.2 Å². The Morgan fingerprint density at radius 3 is 2.63 bits per heavy atom. The van der Waals surface area contributed by atoms with Gasteiger partial charge in [-0.1, -0.05) is 30.1 Å². The summed E-state index contributed by atoms with van der Waals surface area (Å²) in [4.78, 5) is 35.5. The quantitative estimate of drug-likeness (QED) is 0.0873. The Morgan fingerprint density at radius 1 is 1.13 bits per heavy atom. The average Bonchev–Trinajstić information content (AvgIpc) is 3.47. The van der Waals surface area contributed by atoms with Crippen LogP contribution in [0.1, 0.15) is 54.7 Å². The molecule has 0 saturated heterocycles. The third-order valence-electron chi connectivity index (χ3n) is 7.81. The largest absolute Gasteiger partial charge is 0.449 e. The highest BCUT2D eigenvalue weighted by atomic mass is 19.1. The molecular weight excluding hydrogens is 602 g/mol. The molecule has 2 aromatic carbocycles. The number of carbonyl (C=O) groups is 1. The van der Waals surface area contributed by atoms with E-state index >= 15 is 4.39 Å². The van der Waals surface area contributed by atoms with Crippen molar-refractivity contribution < 1.29 is 23.0 Å². The minimum absolute atomic E-state index is 0.0676. The van der Waals surface area contributed by atoms with Crippen LogP contribution in [0.25, 0.3) is 21.2 Å². The maximum Gasteiger partial charge on any atom is 0.411 e. The first-order valence-corrected chi connectivity index (χ1v) is 14.8. The van der Waals surface area contributed by atoms with Crippen molar-refractivity contribution in [2.24, 2.45) is 12.2 Å².